The Morgan fingerprint density at radius 3 is 2.71 bits per heavy atom. The van der Waals surface area contributed by atoms with E-state index in [1.165, 1.54) is 16.0 Å². The summed E-state index contributed by atoms with van der Waals surface area (Å²) in [7, 11) is 0. The van der Waals surface area contributed by atoms with Crippen molar-refractivity contribution in [2.75, 3.05) is 5.73 Å². The summed E-state index contributed by atoms with van der Waals surface area (Å²) in [6, 6.07) is 7.63. The smallest absolute Gasteiger partial charge is 0.129 e. The number of benzene rings is 1. The number of nitrogens with two attached hydrogens (primary N) is 2. The SMILES string of the molecule is NCc1c(N)nc2c(c1-c1ccc(Cl)cc1Cl)CCc1sccc1-2. The number of rotatable bonds is 2. The summed E-state index contributed by atoms with van der Waals surface area (Å²) in [5.41, 5.74) is 18.3. The minimum absolute atomic E-state index is 0.316. The highest BCUT2D eigenvalue weighted by Gasteiger charge is 2.26. The fourth-order valence-corrected chi connectivity index (χ4v) is 4.74. The van der Waals surface area contributed by atoms with Gasteiger partial charge in [-0.3, -0.25) is 0 Å². The molecule has 0 saturated carbocycles. The van der Waals surface area contributed by atoms with Crippen molar-refractivity contribution in [1.82, 2.24) is 4.98 Å². The molecule has 3 nitrogen and oxygen atoms in total. The summed E-state index contributed by atoms with van der Waals surface area (Å²) in [6.07, 6.45) is 1.89. The first kappa shape index (κ1) is 15.9. The lowest BCUT2D eigenvalue weighted by atomic mass is 9.86. The Morgan fingerprint density at radius 2 is 1.96 bits per heavy atom. The fraction of sp³-hybridized carbons (Fsp3) is 0.167. The van der Waals surface area contributed by atoms with Gasteiger partial charge < -0.3 is 11.5 Å². The van der Waals surface area contributed by atoms with Crippen molar-refractivity contribution in [1.29, 1.82) is 0 Å². The fourth-order valence-electron chi connectivity index (χ4n) is 3.36. The molecule has 0 spiro atoms. The predicted octanol–water partition coefficient (Wildman–Crippen LogP) is 4.92. The zero-order valence-electron chi connectivity index (χ0n) is 12.8. The van der Waals surface area contributed by atoms with Crippen molar-refractivity contribution in [2.24, 2.45) is 5.73 Å². The molecule has 0 saturated heterocycles. The number of nitrogen functional groups attached to an aromatic ring is 1. The van der Waals surface area contributed by atoms with Crippen molar-refractivity contribution < 1.29 is 0 Å². The van der Waals surface area contributed by atoms with Gasteiger partial charge in [-0.05, 0) is 47.5 Å². The molecule has 1 aromatic carbocycles. The molecule has 2 aromatic heterocycles. The molecule has 0 aliphatic heterocycles. The largest absolute Gasteiger partial charge is 0.383 e. The number of hydrogen-bond acceptors (Lipinski definition) is 4. The van der Waals surface area contributed by atoms with Gasteiger partial charge in [-0.15, -0.1) is 11.3 Å². The van der Waals surface area contributed by atoms with E-state index in [4.69, 9.17) is 34.7 Å². The average molecular weight is 376 g/mol. The third kappa shape index (κ3) is 2.42. The molecule has 4 N–H and O–H groups in total. The first-order valence-corrected chi connectivity index (χ1v) is 9.27. The number of aromatic nitrogens is 1. The van der Waals surface area contributed by atoms with Gasteiger partial charge >= 0.3 is 0 Å². The van der Waals surface area contributed by atoms with Crippen LogP contribution >= 0.6 is 34.5 Å². The average Bonchev–Trinajstić information content (AvgIpc) is 3.03. The molecule has 4 rings (SSSR count). The molecule has 3 aromatic rings. The Hall–Kier alpha value is -1.59. The van der Waals surface area contributed by atoms with Crippen molar-refractivity contribution in [3.63, 3.8) is 0 Å². The van der Waals surface area contributed by atoms with E-state index in [0.717, 1.165) is 35.2 Å². The van der Waals surface area contributed by atoms with Crippen LogP contribution in [0.25, 0.3) is 22.4 Å². The number of halogens is 2. The summed E-state index contributed by atoms with van der Waals surface area (Å²) >= 11 is 14.3. The Balaban J connectivity index is 2.06. The zero-order valence-corrected chi connectivity index (χ0v) is 15.1. The summed E-state index contributed by atoms with van der Waals surface area (Å²) in [4.78, 5) is 6.02. The van der Waals surface area contributed by atoms with Crippen LogP contribution in [-0.4, -0.2) is 4.98 Å². The van der Waals surface area contributed by atoms with E-state index < -0.39 is 0 Å². The van der Waals surface area contributed by atoms with Gasteiger partial charge in [-0.25, -0.2) is 4.98 Å². The molecule has 1 aliphatic rings. The summed E-state index contributed by atoms with van der Waals surface area (Å²) in [6.45, 7) is 0.316. The second-order valence-electron chi connectivity index (χ2n) is 5.76. The molecule has 6 heteroatoms. The van der Waals surface area contributed by atoms with Gasteiger partial charge in [0.15, 0.2) is 0 Å². The van der Waals surface area contributed by atoms with Gasteiger partial charge in [-0.2, -0.15) is 0 Å². The highest BCUT2D eigenvalue weighted by Crippen LogP contribution is 2.44. The lowest BCUT2D eigenvalue weighted by Crippen LogP contribution is -2.13. The Morgan fingerprint density at radius 1 is 1.12 bits per heavy atom. The number of nitrogens with zero attached hydrogens (tertiary/aromatic N) is 1. The van der Waals surface area contributed by atoms with Crippen LogP contribution in [0.15, 0.2) is 29.6 Å². The molecule has 0 atom stereocenters. The minimum atomic E-state index is 0.316. The van der Waals surface area contributed by atoms with Crippen molar-refractivity contribution in [3.8, 4) is 22.4 Å². The van der Waals surface area contributed by atoms with Gasteiger partial charge in [0.2, 0.25) is 0 Å². The highest BCUT2D eigenvalue weighted by molar-refractivity contribution is 7.10. The molecular weight excluding hydrogens is 361 g/mol. The Bertz CT molecular complexity index is 950. The van der Waals surface area contributed by atoms with E-state index in [-0.39, 0.29) is 0 Å². The minimum Gasteiger partial charge on any atom is -0.383 e. The summed E-state index contributed by atoms with van der Waals surface area (Å²) in [5, 5.41) is 3.30. The topological polar surface area (TPSA) is 64.9 Å². The van der Waals surface area contributed by atoms with E-state index in [0.29, 0.717) is 22.4 Å². The van der Waals surface area contributed by atoms with Gasteiger partial charge in [0.05, 0.1) is 5.69 Å². The molecule has 0 fully saturated rings. The third-order valence-electron chi connectivity index (χ3n) is 4.44. The summed E-state index contributed by atoms with van der Waals surface area (Å²) in [5.74, 6) is 0.469. The van der Waals surface area contributed by atoms with Crippen LogP contribution in [0.2, 0.25) is 10.0 Å². The summed E-state index contributed by atoms with van der Waals surface area (Å²) < 4.78 is 0. The Labute approximate surface area is 154 Å². The molecule has 2 heterocycles. The number of fused-ring (bicyclic) bond motifs is 3. The van der Waals surface area contributed by atoms with Crippen LogP contribution in [0.4, 0.5) is 5.82 Å². The van der Waals surface area contributed by atoms with Crippen molar-refractivity contribution >= 4 is 40.4 Å². The lowest BCUT2D eigenvalue weighted by Gasteiger charge is -2.23. The molecule has 1 aliphatic carbocycles. The highest BCUT2D eigenvalue weighted by atomic mass is 35.5. The number of aryl methyl sites for hydroxylation is 1. The maximum Gasteiger partial charge on any atom is 0.129 e. The lowest BCUT2D eigenvalue weighted by molar-refractivity contribution is 0.937. The van der Waals surface area contributed by atoms with E-state index in [2.05, 4.69) is 16.4 Å². The molecular formula is C18H15Cl2N3S. The molecule has 24 heavy (non-hydrogen) atoms. The monoisotopic (exact) mass is 375 g/mol. The maximum atomic E-state index is 6.48. The molecule has 0 amide bonds. The van der Waals surface area contributed by atoms with Crippen molar-refractivity contribution in [2.45, 2.75) is 19.4 Å². The van der Waals surface area contributed by atoms with Crippen LogP contribution < -0.4 is 11.5 Å². The van der Waals surface area contributed by atoms with E-state index in [1.54, 1.807) is 17.4 Å². The predicted molar refractivity (Wildman–Crippen MR) is 103 cm³/mol. The first-order valence-electron chi connectivity index (χ1n) is 7.63. The normalized spacial score (nSPS) is 12.8. The van der Waals surface area contributed by atoms with Gasteiger partial charge in [-0.1, -0.05) is 29.3 Å². The Kier molecular flexibility index (Phi) is 4.01. The quantitative estimate of drug-likeness (QED) is 0.667. The second kappa shape index (κ2) is 6.05. The first-order chi connectivity index (χ1) is 11.6. The third-order valence-corrected chi connectivity index (χ3v) is 5.97. The number of thiophene rings is 1. The van der Waals surface area contributed by atoms with Crippen LogP contribution in [0.1, 0.15) is 16.0 Å². The second-order valence-corrected chi connectivity index (χ2v) is 7.61. The standard InChI is InChI=1S/C18H15Cl2N3S/c19-9-1-2-10(14(20)7-9)16-12-3-4-15-11(5-6-24-15)17(12)23-18(22)13(16)8-21/h1-2,5-7H,3-4,8,21H2,(H2,22,23). The van der Waals surface area contributed by atoms with Gasteiger partial charge in [0.25, 0.3) is 0 Å². The van der Waals surface area contributed by atoms with Crippen LogP contribution in [0.5, 0.6) is 0 Å². The van der Waals surface area contributed by atoms with Gasteiger partial charge in [0, 0.05) is 38.2 Å². The molecule has 122 valence electrons. The molecule has 0 bridgehead atoms. The van der Waals surface area contributed by atoms with E-state index >= 15 is 0 Å². The zero-order chi connectivity index (χ0) is 16.8. The van der Waals surface area contributed by atoms with Crippen LogP contribution in [0, 0.1) is 0 Å². The molecule has 0 unspecified atom stereocenters. The van der Waals surface area contributed by atoms with Crippen molar-refractivity contribution in [3.05, 3.63) is 55.7 Å². The van der Waals surface area contributed by atoms with E-state index in [9.17, 15) is 0 Å². The number of pyridine rings is 1. The number of anilines is 1. The maximum absolute atomic E-state index is 6.48. The van der Waals surface area contributed by atoms with Gasteiger partial charge in [0.1, 0.15) is 5.82 Å². The molecule has 0 radical (unpaired) electrons. The van der Waals surface area contributed by atoms with Crippen LogP contribution in [-0.2, 0) is 19.4 Å². The van der Waals surface area contributed by atoms with Crippen LogP contribution in [0.3, 0.4) is 0 Å². The van der Waals surface area contributed by atoms with E-state index in [1.807, 2.05) is 12.1 Å². The number of hydrogen-bond donors (Lipinski definition) is 2.